The highest BCUT2D eigenvalue weighted by Gasteiger charge is 2.18. The predicted molar refractivity (Wildman–Crippen MR) is 54.3 cm³/mol. The molecule has 0 aliphatic carbocycles. The van der Waals surface area contributed by atoms with Crippen molar-refractivity contribution in [2.75, 3.05) is 0 Å². The van der Waals surface area contributed by atoms with Crippen LogP contribution in [-0.4, -0.2) is 44.3 Å². The lowest BCUT2D eigenvalue weighted by Gasteiger charge is -2.01. The van der Waals surface area contributed by atoms with E-state index < -0.39 is 33.7 Å². The quantitative estimate of drug-likeness (QED) is 0.478. The smallest absolute Gasteiger partial charge is 0.342 e. The molecule has 0 radical (unpaired) electrons. The molecule has 0 aromatic carbocycles. The van der Waals surface area contributed by atoms with Crippen molar-refractivity contribution in [3.05, 3.63) is 22.0 Å². The van der Waals surface area contributed by atoms with Crippen molar-refractivity contribution >= 4 is 35.6 Å². The summed E-state index contributed by atoms with van der Waals surface area (Å²) in [6.45, 7) is 0. The first-order valence-electron chi connectivity index (χ1n) is 3.77. The van der Waals surface area contributed by atoms with Gasteiger partial charge in [0, 0.05) is 12.2 Å². The third-order valence-electron chi connectivity index (χ3n) is 1.15. The van der Waals surface area contributed by atoms with E-state index in [1.165, 1.54) is 0 Å². The minimum Gasteiger partial charge on any atom is -0.478 e. The predicted octanol–water partition coefficient (Wildman–Crippen LogP) is -0.174. The zero-order chi connectivity index (χ0) is 13.6. The monoisotopic (exact) mass is 262 g/mol. The van der Waals surface area contributed by atoms with Crippen molar-refractivity contribution in [3.63, 3.8) is 0 Å². The van der Waals surface area contributed by atoms with Crippen molar-refractivity contribution in [1.29, 1.82) is 0 Å². The summed E-state index contributed by atoms with van der Waals surface area (Å²) in [5, 5.41) is 33.8. The molecule has 0 unspecified atom stereocenters. The van der Waals surface area contributed by atoms with Gasteiger partial charge in [-0.1, -0.05) is 11.8 Å². The minimum absolute atomic E-state index is 0.0242. The second kappa shape index (κ2) is 6.33. The maximum absolute atomic E-state index is 10.6. The summed E-state index contributed by atoms with van der Waals surface area (Å²) in [6.07, 6.45) is 0.539. The molecule has 0 aromatic rings. The van der Waals surface area contributed by atoms with Gasteiger partial charge in [0.2, 0.25) is 0 Å². The van der Waals surface area contributed by atoms with Crippen molar-refractivity contribution in [1.82, 2.24) is 0 Å². The van der Waals surface area contributed by atoms with Crippen LogP contribution in [0.25, 0.3) is 0 Å². The van der Waals surface area contributed by atoms with Crippen LogP contribution >= 0.6 is 11.8 Å². The van der Waals surface area contributed by atoms with Gasteiger partial charge in [-0.05, 0) is 0 Å². The van der Waals surface area contributed by atoms with Gasteiger partial charge >= 0.3 is 23.9 Å². The van der Waals surface area contributed by atoms with Crippen LogP contribution in [0, 0.1) is 0 Å². The number of hydrogen-bond acceptors (Lipinski definition) is 5. The summed E-state index contributed by atoms with van der Waals surface area (Å²) in [5.41, 5.74) is 0. The molecule has 0 aliphatic rings. The lowest BCUT2D eigenvalue weighted by Crippen LogP contribution is -2.06. The van der Waals surface area contributed by atoms with E-state index >= 15 is 0 Å². The molecule has 0 heterocycles. The Hall–Kier alpha value is -2.29. The van der Waals surface area contributed by atoms with Crippen LogP contribution in [0.2, 0.25) is 0 Å². The van der Waals surface area contributed by atoms with E-state index in [0.717, 1.165) is 0 Å². The molecule has 0 amide bonds. The zero-order valence-electron chi connectivity index (χ0n) is 7.98. The first-order chi connectivity index (χ1) is 7.73. The highest BCUT2D eigenvalue weighted by atomic mass is 32.2. The molecule has 4 N–H and O–H groups in total. The maximum atomic E-state index is 10.6. The Labute approximate surface area is 97.9 Å². The average molecular weight is 262 g/mol. The van der Waals surface area contributed by atoms with E-state index in [1.54, 1.807) is 0 Å². The van der Waals surface area contributed by atoms with Crippen molar-refractivity contribution in [2.24, 2.45) is 0 Å². The van der Waals surface area contributed by atoms with Gasteiger partial charge in [-0.2, -0.15) is 0 Å². The SMILES string of the molecule is O=C(O)C=C(SC(=CC(=O)O)C(=O)O)C(=O)O. The van der Waals surface area contributed by atoms with E-state index in [0.29, 0.717) is 0 Å². The van der Waals surface area contributed by atoms with E-state index in [4.69, 9.17) is 20.4 Å². The van der Waals surface area contributed by atoms with Crippen LogP contribution in [-0.2, 0) is 19.2 Å². The molecule has 0 atom stereocenters. The van der Waals surface area contributed by atoms with Gasteiger partial charge in [0.1, 0.15) is 9.81 Å². The number of carboxylic acid groups (broad SMARTS) is 4. The fourth-order valence-corrected chi connectivity index (χ4v) is 1.34. The molecular weight excluding hydrogens is 256 g/mol. The molecule has 0 saturated carbocycles. The highest BCUT2D eigenvalue weighted by molar-refractivity contribution is 8.08. The van der Waals surface area contributed by atoms with Gasteiger partial charge in [0.15, 0.2) is 0 Å². The second-order valence-corrected chi connectivity index (χ2v) is 3.49. The summed E-state index contributed by atoms with van der Waals surface area (Å²) in [7, 11) is 0. The summed E-state index contributed by atoms with van der Waals surface area (Å²) in [5.74, 6) is -6.52. The van der Waals surface area contributed by atoms with Crippen molar-refractivity contribution in [3.8, 4) is 0 Å². The molecule has 0 bridgehead atoms. The summed E-state index contributed by atoms with van der Waals surface area (Å²) < 4.78 is 0. The van der Waals surface area contributed by atoms with Gasteiger partial charge < -0.3 is 20.4 Å². The molecule has 17 heavy (non-hydrogen) atoms. The van der Waals surface area contributed by atoms with E-state index in [-0.39, 0.29) is 23.9 Å². The first kappa shape index (κ1) is 14.7. The zero-order valence-corrected chi connectivity index (χ0v) is 8.80. The molecule has 9 heteroatoms. The fraction of sp³-hybridized carbons (Fsp3) is 0. The Morgan fingerprint density at radius 1 is 0.706 bits per heavy atom. The van der Waals surface area contributed by atoms with Crippen LogP contribution in [0.5, 0.6) is 0 Å². The lowest BCUT2D eigenvalue weighted by molar-refractivity contribution is -0.134. The average Bonchev–Trinajstić information content (AvgIpc) is 2.13. The van der Waals surface area contributed by atoms with E-state index in [1.807, 2.05) is 0 Å². The van der Waals surface area contributed by atoms with E-state index in [9.17, 15) is 19.2 Å². The lowest BCUT2D eigenvalue weighted by atomic mass is 10.5. The second-order valence-electron chi connectivity index (χ2n) is 2.41. The Morgan fingerprint density at radius 3 is 1.18 bits per heavy atom. The molecule has 0 saturated heterocycles. The Morgan fingerprint density at radius 2 is 1.00 bits per heavy atom. The van der Waals surface area contributed by atoms with Crippen LogP contribution in [0.15, 0.2) is 22.0 Å². The number of rotatable bonds is 6. The number of thioether (sulfide) groups is 1. The third-order valence-corrected chi connectivity index (χ3v) is 2.18. The normalized spacial score (nSPS) is 12.0. The van der Waals surface area contributed by atoms with Gasteiger partial charge in [-0.15, -0.1) is 0 Å². The van der Waals surface area contributed by atoms with Crippen molar-refractivity contribution in [2.45, 2.75) is 0 Å². The molecule has 8 nitrogen and oxygen atoms in total. The summed E-state index contributed by atoms with van der Waals surface area (Å²) in [6, 6.07) is 0. The fourth-order valence-electron chi connectivity index (χ4n) is 0.612. The van der Waals surface area contributed by atoms with Crippen LogP contribution in [0.1, 0.15) is 0 Å². The molecule has 0 aliphatic heterocycles. The Bertz CT molecular complexity index is 393. The first-order valence-corrected chi connectivity index (χ1v) is 4.59. The van der Waals surface area contributed by atoms with Gasteiger partial charge in [0.05, 0.1) is 0 Å². The highest BCUT2D eigenvalue weighted by Crippen LogP contribution is 2.25. The molecule has 0 spiro atoms. The van der Waals surface area contributed by atoms with Gasteiger partial charge in [0.25, 0.3) is 0 Å². The Kier molecular flexibility index (Phi) is 5.47. The molecule has 0 aromatic heterocycles. The standard InChI is InChI=1S/C8H6O8S/c9-5(10)1-3(7(13)14)17-4(8(15)16)2-6(11)12/h1-2H,(H,9,10)(H,11,12)(H,13,14)(H,15,16). The van der Waals surface area contributed by atoms with Crippen LogP contribution in [0.3, 0.4) is 0 Å². The van der Waals surface area contributed by atoms with Gasteiger partial charge in [-0.3, -0.25) is 0 Å². The van der Waals surface area contributed by atoms with Crippen LogP contribution < -0.4 is 0 Å². The van der Waals surface area contributed by atoms with Crippen LogP contribution in [0.4, 0.5) is 0 Å². The van der Waals surface area contributed by atoms with Crippen molar-refractivity contribution < 1.29 is 39.6 Å². The summed E-state index contributed by atoms with van der Waals surface area (Å²) in [4.78, 5) is 40.0. The number of hydrogen-bond donors (Lipinski definition) is 4. The number of aliphatic carboxylic acids is 4. The number of carboxylic acids is 4. The Balaban J connectivity index is 5.22. The van der Waals surface area contributed by atoms with E-state index in [2.05, 4.69) is 0 Å². The minimum atomic E-state index is -1.67. The number of carbonyl (C=O) groups is 4. The summed E-state index contributed by atoms with van der Waals surface area (Å²) >= 11 is 0.0242. The maximum Gasteiger partial charge on any atom is 0.342 e. The molecule has 0 rings (SSSR count). The largest absolute Gasteiger partial charge is 0.478 e. The topological polar surface area (TPSA) is 149 Å². The molecule has 0 fully saturated rings. The molecule has 92 valence electrons. The molecular formula is C8H6O8S. The van der Waals surface area contributed by atoms with Gasteiger partial charge in [-0.25, -0.2) is 19.2 Å². The third kappa shape index (κ3) is 5.99.